The van der Waals surface area contributed by atoms with E-state index in [0.29, 0.717) is 10.8 Å². The van der Waals surface area contributed by atoms with Crippen molar-refractivity contribution in [3.8, 4) is 0 Å². The molecular formula is C14H21N3OS. The molecule has 104 valence electrons. The minimum Gasteiger partial charge on any atom is -0.369 e. The molecule has 2 heterocycles. The molecule has 0 aliphatic carbocycles. The maximum Gasteiger partial charge on any atom is 0.254 e. The first-order valence-corrected chi connectivity index (χ1v) is 7.75. The zero-order chi connectivity index (χ0) is 13.7. The van der Waals surface area contributed by atoms with Crippen LogP contribution in [-0.4, -0.2) is 47.4 Å². The van der Waals surface area contributed by atoms with Gasteiger partial charge in [0.25, 0.3) is 5.91 Å². The van der Waals surface area contributed by atoms with E-state index in [1.807, 2.05) is 23.9 Å². The van der Waals surface area contributed by atoms with E-state index in [9.17, 15) is 4.79 Å². The Kier molecular flexibility index (Phi) is 5.07. The highest BCUT2D eigenvalue weighted by molar-refractivity contribution is 7.99. The first-order valence-electron chi connectivity index (χ1n) is 6.70. The number of aromatic nitrogens is 1. The number of carbonyl (C=O) groups is 1. The van der Waals surface area contributed by atoms with Gasteiger partial charge in [0.2, 0.25) is 0 Å². The summed E-state index contributed by atoms with van der Waals surface area (Å²) in [5.41, 5.74) is 0.627. The fourth-order valence-electron chi connectivity index (χ4n) is 2.07. The van der Waals surface area contributed by atoms with E-state index >= 15 is 0 Å². The van der Waals surface area contributed by atoms with E-state index < -0.39 is 0 Å². The van der Waals surface area contributed by atoms with E-state index in [1.54, 1.807) is 25.2 Å². The van der Waals surface area contributed by atoms with Crippen molar-refractivity contribution in [3.63, 3.8) is 0 Å². The Hall–Kier alpha value is -1.23. The first-order chi connectivity index (χ1) is 9.16. The maximum atomic E-state index is 11.7. The van der Waals surface area contributed by atoms with Crippen molar-refractivity contribution in [2.24, 2.45) is 0 Å². The Balaban J connectivity index is 1.86. The van der Waals surface area contributed by atoms with Crippen LogP contribution in [0.2, 0.25) is 0 Å². The summed E-state index contributed by atoms with van der Waals surface area (Å²) in [6, 6.07) is 3.70. The van der Waals surface area contributed by atoms with Crippen molar-refractivity contribution in [2.45, 2.75) is 24.5 Å². The minimum absolute atomic E-state index is 0.0121. The standard InChI is InChI=1S/C14H21N3OS/c1-17(2)14(18)11-6-7-13(15-9-11)16-10-12-5-3-4-8-19-12/h6-7,9,12H,3-5,8,10H2,1-2H3,(H,15,16). The molecule has 1 atom stereocenters. The van der Waals surface area contributed by atoms with Gasteiger partial charge in [0, 0.05) is 32.1 Å². The van der Waals surface area contributed by atoms with Crippen LogP contribution in [0.15, 0.2) is 18.3 Å². The van der Waals surface area contributed by atoms with Gasteiger partial charge in [0.05, 0.1) is 5.56 Å². The predicted octanol–water partition coefficient (Wildman–Crippen LogP) is 2.48. The van der Waals surface area contributed by atoms with E-state index in [4.69, 9.17) is 0 Å². The maximum absolute atomic E-state index is 11.7. The molecular weight excluding hydrogens is 258 g/mol. The summed E-state index contributed by atoms with van der Waals surface area (Å²) in [5, 5.41) is 4.05. The Morgan fingerprint density at radius 1 is 1.47 bits per heavy atom. The van der Waals surface area contributed by atoms with Crippen molar-refractivity contribution in [1.82, 2.24) is 9.88 Å². The fourth-order valence-corrected chi connectivity index (χ4v) is 3.31. The van der Waals surface area contributed by atoms with Gasteiger partial charge in [-0.3, -0.25) is 4.79 Å². The van der Waals surface area contributed by atoms with Gasteiger partial charge in [-0.1, -0.05) is 6.42 Å². The minimum atomic E-state index is -0.0121. The number of rotatable bonds is 4. The van der Waals surface area contributed by atoms with Crippen LogP contribution in [0, 0.1) is 0 Å². The second kappa shape index (κ2) is 6.80. The molecule has 1 fully saturated rings. The summed E-state index contributed by atoms with van der Waals surface area (Å²) in [6.07, 6.45) is 5.61. The lowest BCUT2D eigenvalue weighted by Gasteiger charge is -2.21. The van der Waals surface area contributed by atoms with Crippen LogP contribution in [0.1, 0.15) is 29.6 Å². The molecule has 1 aromatic heterocycles. The topological polar surface area (TPSA) is 45.2 Å². The number of nitrogens with one attached hydrogen (secondary N) is 1. The van der Waals surface area contributed by atoms with Crippen molar-refractivity contribution >= 4 is 23.5 Å². The first kappa shape index (κ1) is 14.2. The quantitative estimate of drug-likeness (QED) is 0.919. The zero-order valence-electron chi connectivity index (χ0n) is 11.6. The second-order valence-electron chi connectivity index (χ2n) is 5.00. The summed E-state index contributed by atoms with van der Waals surface area (Å²) in [6.45, 7) is 0.957. The number of carbonyl (C=O) groups excluding carboxylic acids is 1. The number of nitrogens with zero attached hydrogens (tertiary/aromatic N) is 2. The lowest BCUT2D eigenvalue weighted by molar-refractivity contribution is 0.0827. The molecule has 1 aromatic rings. The van der Waals surface area contributed by atoms with Crippen LogP contribution in [0.5, 0.6) is 0 Å². The van der Waals surface area contributed by atoms with Gasteiger partial charge >= 0.3 is 0 Å². The largest absolute Gasteiger partial charge is 0.369 e. The predicted molar refractivity (Wildman–Crippen MR) is 80.8 cm³/mol. The van der Waals surface area contributed by atoms with Crippen LogP contribution in [-0.2, 0) is 0 Å². The van der Waals surface area contributed by atoms with Gasteiger partial charge in [-0.25, -0.2) is 4.98 Å². The fraction of sp³-hybridized carbons (Fsp3) is 0.571. The van der Waals surface area contributed by atoms with Crippen LogP contribution in [0.3, 0.4) is 0 Å². The molecule has 0 spiro atoms. The molecule has 1 unspecified atom stereocenters. The van der Waals surface area contributed by atoms with Crippen molar-refractivity contribution in [2.75, 3.05) is 31.7 Å². The van der Waals surface area contributed by atoms with Gasteiger partial charge in [0.1, 0.15) is 5.82 Å². The smallest absolute Gasteiger partial charge is 0.254 e. The van der Waals surface area contributed by atoms with Crippen molar-refractivity contribution < 1.29 is 4.79 Å². The lowest BCUT2D eigenvalue weighted by Crippen LogP contribution is -2.22. The third-order valence-corrected chi connectivity index (χ3v) is 4.60. The Morgan fingerprint density at radius 2 is 2.32 bits per heavy atom. The second-order valence-corrected chi connectivity index (χ2v) is 6.41. The third kappa shape index (κ3) is 4.13. The molecule has 1 saturated heterocycles. The Bertz CT molecular complexity index is 413. The Labute approximate surface area is 119 Å². The number of hydrogen-bond donors (Lipinski definition) is 1. The van der Waals surface area contributed by atoms with Crippen LogP contribution in [0.4, 0.5) is 5.82 Å². The van der Waals surface area contributed by atoms with E-state index in [0.717, 1.165) is 12.4 Å². The van der Waals surface area contributed by atoms with E-state index in [2.05, 4.69) is 10.3 Å². The number of amides is 1. The molecule has 0 radical (unpaired) electrons. The van der Waals surface area contributed by atoms with Crippen molar-refractivity contribution in [1.29, 1.82) is 0 Å². The SMILES string of the molecule is CN(C)C(=O)c1ccc(NCC2CCCCS2)nc1. The molecule has 19 heavy (non-hydrogen) atoms. The summed E-state index contributed by atoms with van der Waals surface area (Å²) >= 11 is 2.04. The molecule has 5 heteroatoms. The molecule has 0 aromatic carbocycles. The Morgan fingerprint density at radius 3 is 2.89 bits per heavy atom. The molecule has 1 aliphatic rings. The monoisotopic (exact) mass is 279 g/mol. The highest BCUT2D eigenvalue weighted by Crippen LogP contribution is 2.25. The molecule has 4 nitrogen and oxygen atoms in total. The van der Waals surface area contributed by atoms with Gasteiger partial charge in [0.15, 0.2) is 0 Å². The summed E-state index contributed by atoms with van der Waals surface area (Å²) in [4.78, 5) is 17.6. The molecule has 2 rings (SSSR count). The van der Waals surface area contributed by atoms with Gasteiger partial charge in [-0.2, -0.15) is 11.8 Å². The van der Waals surface area contributed by atoms with Gasteiger partial charge in [-0.05, 0) is 30.7 Å². The average Bonchev–Trinajstić information content (AvgIpc) is 2.46. The molecule has 1 amide bonds. The van der Waals surface area contributed by atoms with E-state index in [1.165, 1.54) is 25.0 Å². The lowest BCUT2D eigenvalue weighted by atomic mass is 10.2. The number of pyridine rings is 1. The molecule has 0 saturated carbocycles. The number of thioether (sulfide) groups is 1. The summed E-state index contributed by atoms with van der Waals surface area (Å²) in [5.74, 6) is 2.11. The summed E-state index contributed by atoms with van der Waals surface area (Å²) < 4.78 is 0. The van der Waals surface area contributed by atoms with Gasteiger partial charge in [-0.15, -0.1) is 0 Å². The highest BCUT2D eigenvalue weighted by atomic mass is 32.2. The van der Waals surface area contributed by atoms with E-state index in [-0.39, 0.29) is 5.91 Å². The molecule has 1 aliphatic heterocycles. The number of hydrogen-bond acceptors (Lipinski definition) is 4. The van der Waals surface area contributed by atoms with Crippen LogP contribution in [0.25, 0.3) is 0 Å². The van der Waals surface area contributed by atoms with Gasteiger partial charge < -0.3 is 10.2 Å². The van der Waals surface area contributed by atoms with Crippen molar-refractivity contribution in [3.05, 3.63) is 23.9 Å². The third-order valence-electron chi connectivity index (χ3n) is 3.20. The highest BCUT2D eigenvalue weighted by Gasteiger charge is 2.14. The number of anilines is 1. The molecule has 0 bridgehead atoms. The van der Waals surface area contributed by atoms with Crippen LogP contribution >= 0.6 is 11.8 Å². The van der Waals surface area contributed by atoms with Crippen LogP contribution < -0.4 is 5.32 Å². The zero-order valence-corrected chi connectivity index (χ0v) is 12.4. The average molecular weight is 279 g/mol. The molecule has 1 N–H and O–H groups in total. The summed E-state index contributed by atoms with van der Waals surface area (Å²) in [7, 11) is 3.49. The normalized spacial score (nSPS) is 18.9.